The zero-order chi connectivity index (χ0) is 14.5. The number of hydrogen-bond acceptors (Lipinski definition) is 2. The maximum Gasteiger partial charge on any atom is 0.119 e. The zero-order valence-corrected chi connectivity index (χ0v) is 13.1. The third kappa shape index (κ3) is 4.48. The normalized spacial score (nSPS) is 12.0. The first-order valence-corrected chi connectivity index (χ1v) is 7.29. The Kier molecular flexibility index (Phi) is 5.41. The molecule has 106 valence electrons. The monoisotopic (exact) mass is 329 g/mol. The SMILES string of the molecule is CC(CNc1ccc(Cl)c(Cl)c1)Oc1ccc(Cl)cc1. The fraction of sp³-hybridized carbons (Fsp3) is 0.200. The molecule has 0 spiro atoms. The van der Waals surface area contributed by atoms with Crippen LogP contribution in [0.3, 0.4) is 0 Å². The Morgan fingerprint density at radius 3 is 2.35 bits per heavy atom. The van der Waals surface area contributed by atoms with Crippen molar-refractivity contribution in [2.45, 2.75) is 13.0 Å². The van der Waals surface area contributed by atoms with Crippen LogP contribution in [-0.2, 0) is 0 Å². The van der Waals surface area contributed by atoms with Crippen LogP contribution < -0.4 is 10.1 Å². The average molecular weight is 331 g/mol. The first kappa shape index (κ1) is 15.3. The van der Waals surface area contributed by atoms with E-state index in [4.69, 9.17) is 39.5 Å². The number of hydrogen-bond donors (Lipinski definition) is 1. The first-order chi connectivity index (χ1) is 9.54. The molecule has 0 bridgehead atoms. The number of halogens is 3. The van der Waals surface area contributed by atoms with Gasteiger partial charge in [0.1, 0.15) is 11.9 Å². The minimum Gasteiger partial charge on any atom is -0.489 e. The molecular formula is C15H14Cl3NO. The predicted molar refractivity (Wildman–Crippen MR) is 86.5 cm³/mol. The summed E-state index contributed by atoms with van der Waals surface area (Å²) >= 11 is 17.7. The summed E-state index contributed by atoms with van der Waals surface area (Å²) in [7, 11) is 0. The van der Waals surface area contributed by atoms with E-state index in [9.17, 15) is 0 Å². The number of anilines is 1. The third-order valence-electron chi connectivity index (χ3n) is 2.66. The summed E-state index contributed by atoms with van der Waals surface area (Å²) in [5, 5.41) is 5.02. The van der Waals surface area contributed by atoms with E-state index in [0.29, 0.717) is 21.6 Å². The van der Waals surface area contributed by atoms with Crippen LogP contribution in [-0.4, -0.2) is 12.6 Å². The lowest BCUT2D eigenvalue weighted by Gasteiger charge is -2.16. The molecule has 0 heterocycles. The van der Waals surface area contributed by atoms with E-state index in [0.717, 1.165) is 11.4 Å². The van der Waals surface area contributed by atoms with Gasteiger partial charge >= 0.3 is 0 Å². The molecule has 5 heteroatoms. The standard InChI is InChI=1S/C15H14Cl3NO/c1-10(20-13-5-2-11(16)3-6-13)9-19-12-4-7-14(17)15(18)8-12/h2-8,10,19H,9H2,1H3. The highest BCUT2D eigenvalue weighted by atomic mass is 35.5. The highest BCUT2D eigenvalue weighted by Crippen LogP contribution is 2.25. The molecule has 1 N–H and O–H groups in total. The fourth-order valence-corrected chi connectivity index (χ4v) is 2.08. The molecule has 2 aromatic carbocycles. The van der Waals surface area contributed by atoms with Crippen LogP contribution >= 0.6 is 34.8 Å². The van der Waals surface area contributed by atoms with Gasteiger partial charge in [0.15, 0.2) is 0 Å². The minimum absolute atomic E-state index is 0.00521. The molecule has 0 aromatic heterocycles. The predicted octanol–water partition coefficient (Wildman–Crippen LogP) is 5.53. The Morgan fingerprint density at radius 1 is 1.00 bits per heavy atom. The van der Waals surface area contributed by atoms with Gasteiger partial charge in [-0.15, -0.1) is 0 Å². The van der Waals surface area contributed by atoms with Gasteiger partial charge in [0.25, 0.3) is 0 Å². The van der Waals surface area contributed by atoms with Gasteiger partial charge in [-0.3, -0.25) is 0 Å². The minimum atomic E-state index is 0.00521. The molecule has 2 nitrogen and oxygen atoms in total. The Bertz CT molecular complexity index is 572. The van der Waals surface area contributed by atoms with Crippen molar-refractivity contribution in [3.63, 3.8) is 0 Å². The highest BCUT2D eigenvalue weighted by molar-refractivity contribution is 6.42. The van der Waals surface area contributed by atoms with Crippen molar-refractivity contribution in [3.05, 3.63) is 57.5 Å². The van der Waals surface area contributed by atoms with Crippen LogP contribution in [0.2, 0.25) is 15.1 Å². The molecule has 1 unspecified atom stereocenters. The summed E-state index contributed by atoms with van der Waals surface area (Å²) < 4.78 is 5.76. The Balaban J connectivity index is 1.86. The number of nitrogens with one attached hydrogen (secondary N) is 1. The Morgan fingerprint density at radius 2 is 1.70 bits per heavy atom. The van der Waals surface area contributed by atoms with Crippen molar-refractivity contribution in [3.8, 4) is 5.75 Å². The van der Waals surface area contributed by atoms with Gasteiger partial charge in [-0.25, -0.2) is 0 Å². The fourth-order valence-electron chi connectivity index (χ4n) is 1.65. The lowest BCUT2D eigenvalue weighted by molar-refractivity contribution is 0.235. The van der Waals surface area contributed by atoms with Gasteiger partial charge in [0.05, 0.1) is 16.6 Å². The molecule has 0 aliphatic rings. The Labute approximate surface area is 133 Å². The van der Waals surface area contributed by atoms with Gasteiger partial charge in [-0.1, -0.05) is 34.8 Å². The van der Waals surface area contributed by atoms with Crippen molar-refractivity contribution in [1.29, 1.82) is 0 Å². The lowest BCUT2D eigenvalue weighted by Crippen LogP contribution is -2.22. The number of ether oxygens (including phenoxy) is 1. The van der Waals surface area contributed by atoms with E-state index in [1.54, 1.807) is 24.3 Å². The van der Waals surface area contributed by atoms with Gasteiger partial charge in [0, 0.05) is 10.7 Å². The molecule has 0 fully saturated rings. The molecule has 0 saturated carbocycles. The summed E-state index contributed by atoms with van der Waals surface area (Å²) in [4.78, 5) is 0. The molecule has 0 amide bonds. The molecule has 0 saturated heterocycles. The van der Waals surface area contributed by atoms with Crippen molar-refractivity contribution >= 4 is 40.5 Å². The molecule has 20 heavy (non-hydrogen) atoms. The van der Waals surface area contributed by atoms with Gasteiger partial charge in [0.2, 0.25) is 0 Å². The summed E-state index contributed by atoms with van der Waals surface area (Å²) in [6.07, 6.45) is 0.00521. The second-order valence-corrected chi connectivity index (χ2v) is 5.64. The summed E-state index contributed by atoms with van der Waals surface area (Å²) in [6.45, 7) is 2.64. The maximum atomic E-state index is 5.96. The smallest absolute Gasteiger partial charge is 0.119 e. The highest BCUT2D eigenvalue weighted by Gasteiger charge is 2.05. The second kappa shape index (κ2) is 7.07. The van der Waals surface area contributed by atoms with E-state index in [1.165, 1.54) is 0 Å². The average Bonchev–Trinajstić information content (AvgIpc) is 2.43. The van der Waals surface area contributed by atoms with Crippen molar-refractivity contribution in [2.75, 3.05) is 11.9 Å². The quantitative estimate of drug-likeness (QED) is 0.778. The molecule has 0 aliphatic carbocycles. The van der Waals surface area contributed by atoms with Crippen LogP contribution in [0.25, 0.3) is 0 Å². The van der Waals surface area contributed by atoms with Crippen molar-refractivity contribution in [2.24, 2.45) is 0 Å². The summed E-state index contributed by atoms with van der Waals surface area (Å²) in [5.74, 6) is 0.790. The maximum absolute atomic E-state index is 5.96. The van der Waals surface area contributed by atoms with Crippen LogP contribution in [0.1, 0.15) is 6.92 Å². The Hall–Kier alpha value is -1.09. The zero-order valence-electron chi connectivity index (χ0n) is 10.9. The van der Waals surface area contributed by atoms with E-state index in [-0.39, 0.29) is 6.10 Å². The molecule has 2 rings (SSSR count). The van der Waals surface area contributed by atoms with Gasteiger partial charge in [-0.05, 0) is 49.4 Å². The van der Waals surface area contributed by atoms with E-state index < -0.39 is 0 Å². The molecule has 0 radical (unpaired) electrons. The van der Waals surface area contributed by atoms with Gasteiger partial charge < -0.3 is 10.1 Å². The topological polar surface area (TPSA) is 21.3 Å². The largest absolute Gasteiger partial charge is 0.489 e. The van der Waals surface area contributed by atoms with E-state index in [2.05, 4.69) is 5.32 Å². The van der Waals surface area contributed by atoms with Crippen LogP contribution in [0.5, 0.6) is 5.75 Å². The molecule has 0 aliphatic heterocycles. The number of rotatable bonds is 5. The molecule has 2 aromatic rings. The van der Waals surface area contributed by atoms with Crippen LogP contribution in [0.4, 0.5) is 5.69 Å². The number of benzene rings is 2. The van der Waals surface area contributed by atoms with Crippen molar-refractivity contribution in [1.82, 2.24) is 0 Å². The molecule has 1 atom stereocenters. The third-order valence-corrected chi connectivity index (χ3v) is 3.66. The van der Waals surface area contributed by atoms with E-state index in [1.807, 2.05) is 25.1 Å². The van der Waals surface area contributed by atoms with E-state index >= 15 is 0 Å². The summed E-state index contributed by atoms with van der Waals surface area (Å²) in [5.41, 5.74) is 0.908. The van der Waals surface area contributed by atoms with Gasteiger partial charge in [-0.2, -0.15) is 0 Å². The van der Waals surface area contributed by atoms with Crippen LogP contribution in [0, 0.1) is 0 Å². The first-order valence-electron chi connectivity index (χ1n) is 6.16. The van der Waals surface area contributed by atoms with Crippen molar-refractivity contribution < 1.29 is 4.74 Å². The molecular weight excluding hydrogens is 317 g/mol. The second-order valence-electron chi connectivity index (χ2n) is 4.39. The van der Waals surface area contributed by atoms with Crippen LogP contribution in [0.15, 0.2) is 42.5 Å². The lowest BCUT2D eigenvalue weighted by atomic mass is 10.3. The summed E-state index contributed by atoms with van der Waals surface area (Å²) in [6, 6.07) is 12.7.